The zero-order valence-corrected chi connectivity index (χ0v) is 9.66. The predicted octanol–water partition coefficient (Wildman–Crippen LogP) is 1.69. The molecule has 0 aliphatic heterocycles. The summed E-state index contributed by atoms with van der Waals surface area (Å²) < 4.78 is 23.9. The van der Waals surface area contributed by atoms with Gasteiger partial charge in [-0.25, -0.2) is 13.4 Å². The molecule has 84 valence electrons. The number of aromatic amines is 1. The first kappa shape index (κ1) is 10.9. The number of hydrogen-bond acceptors (Lipinski definition) is 3. The number of sulfone groups is 1. The maximum atomic E-state index is 11.9. The second kappa shape index (κ2) is 4.09. The van der Waals surface area contributed by atoms with Crippen molar-refractivity contribution >= 4 is 9.84 Å². The van der Waals surface area contributed by atoms with Crippen molar-refractivity contribution in [1.29, 1.82) is 0 Å². The molecule has 0 fully saturated rings. The van der Waals surface area contributed by atoms with Gasteiger partial charge in [-0.15, -0.1) is 0 Å². The minimum Gasteiger partial charge on any atom is -0.333 e. The highest BCUT2D eigenvalue weighted by Gasteiger charge is 2.17. The summed E-state index contributed by atoms with van der Waals surface area (Å²) in [5.74, 6) is 0.599. The smallest absolute Gasteiger partial charge is 0.199 e. The van der Waals surface area contributed by atoms with E-state index in [0.29, 0.717) is 5.82 Å². The molecule has 16 heavy (non-hydrogen) atoms. The molecular formula is C11H12N2O2S. The summed E-state index contributed by atoms with van der Waals surface area (Å²) in [6.07, 6.45) is 1.35. The molecule has 2 aromatic rings. The van der Waals surface area contributed by atoms with Gasteiger partial charge in [0.25, 0.3) is 0 Å². The molecule has 2 rings (SSSR count). The average Bonchev–Trinajstić information content (AvgIpc) is 2.66. The van der Waals surface area contributed by atoms with Gasteiger partial charge >= 0.3 is 0 Å². The Bertz CT molecular complexity index is 573. The monoisotopic (exact) mass is 236 g/mol. The number of nitrogens with one attached hydrogen (secondary N) is 1. The summed E-state index contributed by atoms with van der Waals surface area (Å²) in [4.78, 5) is 6.63. The molecule has 0 amide bonds. The van der Waals surface area contributed by atoms with Crippen molar-refractivity contribution in [3.63, 3.8) is 0 Å². The van der Waals surface area contributed by atoms with Crippen LogP contribution in [0.25, 0.3) is 0 Å². The molecule has 0 aliphatic carbocycles. The minimum absolute atomic E-state index is 0.00449. The molecule has 1 aromatic carbocycles. The topological polar surface area (TPSA) is 62.8 Å². The van der Waals surface area contributed by atoms with E-state index >= 15 is 0 Å². The molecular weight excluding hydrogens is 224 g/mol. The molecule has 1 aromatic heterocycles. The Hall–Kier alpha value is -1.62. The van der Waals surface area contributed by atoms with E-state index in [1.54, 1.807) is 19.1 Å². The first-order valence-corrected chi connectivity index (χ1v) is 6.51. The van der Waals surface area contributed by atoms with Crippen molar-refractivity contribution < 1.29 is 8.42 Å². The lowest BCUT2D eigenvalue weighted by Gasteiger charge is -2.01. The summed E-state index contributed by atoms with van der Waals surface area (Å²) >= 11 is 0. The van der Waals surface area contributed by atoms with E-state index in [-0.39, 0.29) is 10.8 Å². The lowest BCUT2D eigenvalue weighted by Crippen LogP contribution is -2.05. The maximum Gasteiger partial charge on any atom is 0.199 e. The highest BCUT2D eigenvalue weighted by atomic mass is 32.2. The van der Waals surface area contributed by atoms with Crippen molar-refractivity contribution in [2.45, 2.75) is 17.7 Å². The number of aryl methyl sites for hydroxylation is 1. The van der Waals surface area contributed by atoms with Crippen LogP contribution in [0.15, 0.2) is 41.6 Å². The van der Waals surface area contributed by atoms with Crippen molar-refractivity contribution in [2.24, 2.45) is 0 Å². The molecule has 0 bridgehead atoms. The molecule has 0 atom stereocenters. The third kappa shape index (κ3) is 2.30. The third-order valence-corrected chi connectivity index (χ3v) is 3.81. The molecule has 0 spiro atoms. The van der Waals surface area contributed by atoms with E-state index in [0.717, 1.165) is 5.56 Å². The summed E-state index contributed by atoms with van der Waals surface area (Å²) in [5, 5.41) is 0.175. The second-order valence-corrected chi connectivity index (χ2v) is 5.54. The fourth-order valence-corrected chi connectivity index (χ4v) is 2.73. The summed E-state index contributed by atoms with van der Waals surface area (Å²) in [5.41, 5.74) is 0.773. The first-order valence-electron chi connectivity index (χ1n) is 4.86. The van der Waals surface area contributed by atoms with Crippen LogP contribution < -0.4 is 0 Å². The van der Waals surface area contributed by atoms with Crippen LogP contribution in [0.3, 0.4) is 0 Å². The SMILES string of the molecule is Cc1ncc(S(=O)(=O)Cc2ccccc2)[nH]1. The normalized spacial score (nSPS) is 11.6. The molecule has 4 nitrogen and oxygen atoms in total. The number of H-pyrrole nitrogens is 1. The van der Waals surface area contributed by atoms with Crippen LogP contribution in [0, 0.1) is 6.92 Å². The van der Waals surface area contributed by atoms with E-state index in [1.165, 1.54) is 6.20 Å². The van der Waals surface area contributed by atoms with E-state index in [2.05, 4.69) is 9.97 Å². The van der Waals surface area contributed by atoms with Gasteiger partial charge in [0.05, 0.1) is 11.9 Å². The van der Waals surface area contributed by atoms with Crippen LogP contribution in [0.5, 0.6) is 0 Å². The molecule has 0 aliphatic rings. The van der Waals surface area contributed by atoms with Gasteiger partial charge in [0, 0.05) is 0 Å². The van der Waals surface area contributed by atoms with Crippen molar-refractivity contribution in [1.82, 2.24) is 9.97 Å². The molecule has 1 heterocycles. The summed E-state index contributed by atoms with van der Waals surface area (Å²) in [6.45, 7) is 1.72. The fourth-order valence-electron chi connectivity index (χ4n) is 1.43. The Morgan fingerprint density at radius 1 is 1.25 bits per heavy atom. The Kier molecular flexibility index (Phi) is 2.78. The van der Waals surface area contributed by atoms with Gasteiger partial charge in [-0.05, 0) is 12.5 Å². The lowest BCUT2D eigenvalue weighted by atomic mass is 10.2. The van der Waals surface area contributed by atoms with Crippen LogP contribution >= 0.6 is 0 Å². The average molecular weight is 236 g/mol. The maximum absolute atomic E-state index is 11.9. The van der Waals surface area contributed by atoms with Crippen LogP contribution in [0.1, 0.15) is 11.4 Å². The summed E-state index contributed by atoms with van der Waals surface area (Å²) in [6, 6.07) is 9.09. The predicted molar refractivity (Wildman–Crippen MR) is 60.7 cm³/mol. The molecule has 0 saturated heterocycles. The van der Waals surface area contributed by atoms with Gasteiger partial charge in [-0.1, -0.05) is 30.3 Å². The van der Waals surface area contributed by atoms with E-state index < -0.39 is 9.84 Å². The number of rotatable bonds is 3. The van der Waals surface area contributed by atoms with Gasteiger partial charge in [0.2, 0.25) is 0 Å². The largest absolute Gasteiger partial charge is 0.333 e. The number of nitrogens with zero attached hydrogens (tertiary/aromatic N) is 1. The van der Waals surface area contributed by atoms with Crippen LogP contribution in [-0.4, -0.2) is 18.4 Å². The Labute approximate surface area is 94.3 Å². The van der Waals surface area contributed by atoms with Gasteiger partial charge in [0.15, 0.2) is 14.9 Å². The van der Waals surface area contributed by atoms with Gasteiger partial charge in [-0.3, -0.25) is 0 Å². The molecule has 1 N–H and O–H groups in total. The highest BCUT2D eigenvalue weighted by Crippen LogP contribution is 2.13. The number of benzene rings is 1. The van der Waals surface area contributed by atoms with Gasteiger partial charge in [-0.2, -0.15) is 0 Å². The van der Waals surface area contributed by atoms with E-state index in [9.17, 15) is 8.42 Å². The van der Waals surface area contributed by atoms with Crippen LogP contribution in [0.2, 0.25) is 0 Å². The zero-order chi connectivity index (χ0) is 11.6. The van der Waals surface area contributed by atoms with E-state index in [4.69, 9.17) is 0 Å². The van der Waals surface area contributed by atoms with Crippen LogP contribution in [0.4, 0.5) is 0 Å². The highest BCUT2D eigenvalue weighted by molar-refractivity contribution is 7.90. The second-order valence-electron chi connectivity index (χ2n) is 3.58. The van der Waals surface area contributed by atoms with Crippen molar-refractivity contribution in [3.05, 3.63) is 47.9 Å². The number of hydrogen-bond donors (Lipinski definition) is 1. The lowest BCUT2D eigenvalue weighted by molar-refractivity contribution is 0.592. The van der Waals surface area contributed by atoms with E-state index in [1.807, 2.05) is 18.2 Å². The molecule has 5 heteroatoms. The van der Waals surface area contributed by atoms with Crippen molar-refractivity contribution in [2.75, 3.05) is 0 Å². The van der Waals surface area contributed by atoms with Gasteiger partial charge < -0.3 is 4.98 Å². The molecule has 0 saturated carbocycles. The molecule has 0 radical (unpaired) electrons. The quantitative estimate of drug-likeness (QED) is 0.882. The first-order chi connectivity index (χ1) is 7.58. The third-order valence-electron chi connectivity index (χ3n) is 2.21. The number of aromatic nitrogens is 2. The Morgan fingerprint density at radius 2 is 1.94 bits per heavy atom. The Balaban J connectivity index is 2.28. The van der Waals surface area contributed by atoms with Crippen molar-refractivity contribution in [3.8, 4) is 0 Å². The standard InChI is InChI=1S/C11H12N2O2S/c1-9-12-7-11(13-9)16(14,15)8-10-5-3-2-4-6-10/h2-7H,8H2,1H3,(H,12,13). The number of imidazole rings is 1. The molecule has 0 unspecified atom stereocenters. The van der Waals surface area contributed by atoms with Crippen LogP contribution in [-0.2, 0) is 15.6 Å². The summed E-state index contributed by atoms with van der Waals surface area (Å²) in [7, 11) is -3.31. The van der Waals surface area contributed by atoms with Gasteiger partial charge in [0.1, 0.15) is 5.82 Å². The fraction of sp³-hybridized carbons (Fsp3) is 0.182. The Morgan fingerprint density at radius 3 is 2.50 bits per heavy atom. The minimum atomic E-state index is -3.31. The zero-order valence-electron chi connectivity index (χ0n) is 8.84.